The quantitative estimate of drug-likeness (QED) is 0.732. The van der Waals surface area contributed by atoms with Gasteiger partial charge in [-0.1, -0.05) is 39.2 Å². The summed E-state index contributed by atoms with van der Waals surface area (Å²) in [7, 11) is 0. The summed E-state index contributed by atoms with van der Waals surface area (Å²) in [4.78, 5) is 38.8. The Kier molecular flexibility index (Phi) is 8.54. The molecule has 29 heavy (non-hydrogen) atoms. The first-order chi connectivity index (χ1) is 13.8. The lowest BCUT2D eigenvalue weighted by molar-refractivity contribution is -0.154. The van der Waals surface area contributed by atoms with Gasteiger partial charge in [-0.3, -0.25) is 9.59 Å². The molecule has 0 bridgehead atoms. The van der Waals surface area contributed by atoms with Crippen molar-refractivity contribution < 1.29 is 27.9 Å². The Hall–Kier alpha value is -2.51. The lowest BCUT2D eigenvalue weighted by atomic mass is 10.0. The first kappa shape index (κ1) is 22.8. The molecule has 1 aliphatic rings. The van der Waals surface area contributed by atoms with E-state index in [0.717, 1.165) is 50.3 Å². The minimum atomic E-state index is -1.14. The predicted octanol–water partition coefficient (Wildman–Crippen LogP) is 3.06. The number of benzene rings is 1. The fraction of sp³-hybridized carbons (Fsp3) is 0.571. The van der Waals surface area contributed by atoms with Crippen LogP contribution in [-0.2, 0) is 14.3 Å². The lowest BCUT2D eigenvalue weighted by Gasteiger charge is -2.25. The maximum absolute atomic E-state index is 13.8. The summed E-state index contributed by atoms with van der Waals surface area (Å²) < 4.78 is 32.7. The normalized spacial score (nSPS) is 16.0. The molecule has 1 aliphatic heterocycles. The van der Waals surface area contributed by atoms with Crippen LogP contribution in [0.5, 0.6) is 0 Å². The molecule has 0 saturated carbocycles. The Morgan fingerprint density at radius 1 is 1.03 bits per heavy atom. The van der Waals surface area contributed by atoms with Crippen molar-refractivity contribution in [2.45, 2.75) is 52.0 Å². The van der Waals surface area contributed by atoms with Gasteiger partial charge in [0.2, 0.25) is 0 Å². The average Bonchev–Trinajstić information content (AvgIpc) is 2.63. The number of carbonyl (C=O) groups excluding carboxylic acids is 3. The molecule has 1 saturated heterocycles. The van der Waals surface area contributed by atoms with E-state index in [4.69, 9.17) is 4.74 Å². The highest BCUT2D eigenvalue weighted by Gasteiger charge is 2.29. The van der Waals surface area contributed by atoms with E-state index in [2.05, 4.69) is 5.32 Å². The van der Waals surface area contributed by atoms with E-state index in [-0.39, 0.29) is 5.91 Å². The van der Waals surface area contributed by atoms with E-state index < -0.39 is 47.6 Å². The second-order valence-electron chi connectivity index (χ2n) is 7.55. The zero-order chi connectivity index (χ0) is 21.4. The number of esters is 1. The van der Waals surface area contributed by atoms with Crippen molar-refractivity contribution in [3.05, 3.63) is 35.4 Å². The maximum atomic E-state index is 13.8. The van der Waals surface area contributed by atoms with Crippen LogP contribution in [0.25, 0.3) is 0 Å². The zero-order valence-corrected chi connectivity index (χ0v) is 16.9. The maximum Gasteiger partial charge on any atom is 0.329 e. The molecule has 8 heteroatoms. The number of hydrogen-bond donors (Lipinski definition) is 1. The van der Waals surface area contributed by atoms with Gasteiger partial charge in [-0.2, -0.15) is 0 Å². The van der Waals surface area contributed by atoms with Gasteiger partial charge in [0.25, 0.3) is 11.8 Å². The molecule has 1 heterocycles. The van der Waals surface area contributed by atoms with E-state index in [1.807, 2.05) is 0 Å². The number of amides is 2. The van der Waals surface area contributed by atoms with E-state index in [9.17, 15) is 23.2 Å². The molecule has 1 aromatic rings. The number of ether oxygens (including phenoxy) is 1. The van der Waals surface area contributed by atoms with Crippen molar-refractivity contribution in [2.75, 3.05) is 19.7 Å². The van der Waals surface area contributed by atoms with Crippen LogP contribution in [0, 0.1) is 17.6 Å². The van der Waals surface area contributed by atoms with Crippen LogP contribution in [0.4, 0.5) is 8.78 Å². The van der Waals surface area contributed by atoms with Gasteiger partial charge < -0.3 is 15.0 Å². The number of rotatable bonds is 6. The third-order valence-electron chi connectivity index (χ3n) is 4.94. The highest BCUT2D eigenvalue weighted by molar-refractivity contribution is 5.97. The van der Waals surface area contributed by atoms with Gasteiger partial charge in [0.05, 0.1) is 0 Å². The number of hydrogen-bond acceptors (Lipinski definition) is 4. The molecule has 1 atom stereocenters. The first-order valence-electron chi connectivity index (χ1n) is 10.0. The molecule has 0 spiro atoms. The molecule has 2 amide bonds. The first-order valence-corrected chi connectivity index (χ1v) is 10.0. The number of halogens is 2. The zero-order valence-electron chi connectivity index (χ0n) is 16.9. The summed E-state index contributed by atoms with van der Waals surface area (Å²) in [5.41, 5.74) is -0.761. The Bertz CT molecular complexity index is 711. The van der Waals surface area contributed by atoms with Crippen molar-refractivity contribution in [2.24, 2.45) is 5.92 Å². The second kappa shape index (κ2) is 10.9. The molecule has 1 fully saturated rings. The van der Waals surface area contributed by atoms with Crippen LogP contribution in [-0.4, -0.2) is 48.4 Å². The van der Waals surface area contributed by atoms with Gasteiger partial charge >= 0.3 is 5.97 Å². The van der Waals surface area contributed by atoms with Gasteiger partial charge in [-0.05, 0) is 30.9 Å². The van der Waals surface area contributed by atoms with E-state index in [0.29, 0.717) is 13.1 Å². The van der Waals surface area contributed by atoms with E-state index >= 15 is 0 Å². The molecule has 0 aliphatic carbocycles. The Labute approximate surface area is 169 Å². The molecule has 160 valence electrons. The molecular formula is C21H28F2N2O4. The van der Waals surface area contributed by atoms with Crippen molar-refractivity contribution in [3.8, 4) is 0 Å². The summed E-state index contributed by atoms with van der Waals surface area (Å²) in [6, 6.07) is 1.93. The standard InChI is InChI=1S/C21H28F2N2O4/c1-14(2)19(24-20(27)18-15(22)9-8-10-16(18)23)21(28)29-13-17(26)25-11-6-4-3-5-7-12-25/h8-10,14,19H,3-7,11-13H2,1-2H3,(H,24,27)/t19-/m0/s1. The Balaban J connectivity index is 1.96. The van der Waals surface area contributed by atoms with Crippen molar-refractivity contribution in [1.82, 2.24) is 10.2 Å². The Morgan fingerprint density at radius 2 is 1.59 bits per heavy atom. The van der Waals surface area contributed by atoms with Gasteiger partial charge in [-0.25, -0.2) is 13.6 Å². The Morgan fingerprint density at radius 3 is 2.14 bits per heavy atom. The van der Waals surface area contributed by atoms with Crippen LogP contribution in [0.2, 0.25) is 0 Å². The van der Waals surface area contributed by atoms with E-state index in [1.165, 1.54) is 0 Å². The second-order valence-corrected chi connectivity index (χ2v) is 7.55. The number of nitrogens with one attached hydrogen (secondary N) is 1. The van der Waals surface area contributed by atoms with E-state index in [1.54, 1.807) is 18.7 Å². The number of nitrogens with zero attached hydrogens (tertiary/aromatic N) is 1. The van der Waals surface area contributed by atoms with Crippen LogP contribution < -0.4 is 5.32 Å². The fourth-order valence-electron chi connectivity index (χ4n) is 3.24. The van der Waals surface area contributed by atoms with Gasteiger partial charge in [0.15, 0.2) is 6.61 Å². The summed E-state index contributed by atoms with van der Waals surface area (Å²) >= 11 is 0. The third kappa shape index (κ3) is 6.51. The number of likely N-dealkylation sites (tertiary alicyclic amines) is 1. The highest BCUT2D eigenvalue weighted by atomic mass is 19.1. The smallest absolute Gasteiger partial charge is 0.329 e. The minimum Gasteiger partial charge on any atom is -0.454 e. The number of carbonyl (C=O) groups is 3. The third-order valence-corrected chi connectivity index (χ3v) is 4.94. The minimum absolute atomic E-state index is 0.283. The van der Waals surface area contributed by atoms with Crippen LogP contribution in [0.1, 0.15) is 56.3 Å². The van der Waals surface area contributed by atoms with Crippen LogP contribution in [0.15, 0.2) is 18.2 Å². The highest BCUT2D eigenvalue weighted by Crippen LogP contribution is 2.14. The lowest BCUT2D eigenvalue weighted by Crippen LogP contribution is -2.47. The molecule has 1 aromatic carbocycles. The molecule has 0 aromatic heterocycles. The predicted molar refractivity (Wildman–Crippen MR) is 103 cm³/mol. The molecule has 6 nitrogen and oxygen atoms in total. The molecular weight excluding hydrogens is 382 g/mol. The van der Waals surface area contributed by atoms with Crippen LogP contribution >= 0.6 is 0 Å². The van der Waals surface area contributed by atoms with Crippen LogP contribution in [0.3, 0.4) is 0 Å². The molecule has 1 N–H and O–H groups in total. The van der Waals surface area contributed by atoms with Gasteiger partial charge in [0, 0.05) is 13.1 Å². The summed E-state index contributed by atoms with van der Waals surface area (Å²) in [5.74, 6) is -4.60. The summed E-state index contributed by atoms with van der Waals surface area (Å²) in [5, 5.41) is 2.32. The monoisotopic (exact) mass is 410 g/mol. The summed E-state index contributed by atoms with van der Waals surface area (Å²) in [6.07, 6.45) is 5.13. The van der Waals surface area contributed by atoms with Crippen molar-refractivity contribution in [3.63, 3.8) is 0 Å². The molecule has 2 rings (SSSR count). The van der Waals surface area contributed by atoms with Gasteiger partial charge in [-0.15, -0.1) is 0 Å². The largest absolute Gasteiger partial charge is 0.454 e. The summed E-state index contributed by atoms with van der Waals surface area (Å²) in [6.45, 7) is 4.15. The molecule has 0 unspecified atom stereocenters. The average molecular weight is 410 g/mol. The van der Waals surface area contributed by atoms with Gasteiger partial charge in [0.1, 0.15) is 23.2 Å². The SMILES string of the molecule is CC(C)[C@H](NC(=O)c1c(F)cccc1F)C(=O)OCC(=O)N1CCCCCCC1. The molecule has 0 radical (unpaired) electrons. The fourth-order valence-corrected chi connectivity index (χ4v) is 3.24. The van der Waals surface area contributed by atoms with Crippen molar-refractivity contribution >= 4 is 17.8 Å². The topological polar surface area (TPSA) is 75.7 Å². The van der Waals surface area contributed by atoms with Crippen molar-refractivity contribution in [1.29, 1.82) is 0 Å².